The second-order valence-electron chi connectivity index (χ2n) is 5.58. The molecule has 1 aromatic rings. The third-order valence-corrected chi connectivity index (χ3v) is 4.07. The number of nitrogens with one attached hydrogen (secondary N) is 1. The maximum atomic E-state index is 5.43. The lowest BCUT2D eigenvalue weighted by Gasteiger charge is -2.32. The number of nitrogens with zero attached hydrogens (tertiary/aromatic N) is 2. The molecule has 2 rings (SSSR count). The summed E-state index contributed by atoms with van der Waals surface area (Å²) >= 11 is 0. The quantitative estimate of drug-likeness (QED) is 0.867. The van der Waals surface area contributed by atoms with Gasteiger partial charge in [0.15, 0.2) is 0 Å². The molecule has 2 heterocycles. The number of hydrogen-bond donors (Lipinski definition) is 1. The van der Waals surface area contributed by atoms with Crippen LogP contribution in [0.2, 0.25) is 0 Å². The van der Waals surface area contributed by atoms with Gasteiger partial charge >= 0.3 is 0 Å². The Labute approximate surface area is 122 Å². The van der Waals surface area contributed by atoms with Crippen LogP contribution in [-0.2, 0) is 4.74 Å². The molecule has 1 N–H and O–H groups in total. The van der Waals surface area contributed by atoms with Crippen molar-refractivity contribution in [2.45, 2.75) is 45.2 Å². The van der Waals surface area contributed by atoms with E-state index in [1.54, 1.807) is 0 Å². The molecule has 0 bridgehead atoms. The fourth-order valence-corrected chi connectivity index (χ4v) is 2.63. The van der Waals surface area contributed by atoms with Crippen LogP contribution in [-0.4, -0.2) is 37.8 Å². The molecule has 4 heteroatoms. The number of anilines is 1. The van der Waals surface area contributed by atoms with Crippen LogP contribution >= 0.6 is 0 Å². The number of aromatic nitrogens is 1. The predicted molar refractivity (Wildman–Crippen MR) is 83.2 cm³/mol. The molecule has 1 aromatic heterocycles. The minimum absolute atomic E-state index is 0.375. The maximum absolute atomic E-state index is 5.43. The summed E-state index contributed by atoms with van der Waals surface area (Å²) in [5.74, 6) is 1.07. The van der Waals surface area contributed by atoms with E-state index in [0.29, 0.717) is 12.1 Å². The van der Waals surface area contributed by atoms with Crippen molar-refractivity contribution in [3.8, 4) is 0 Å². The average molecular weight is 277 g/mol. The van der Waals surface area contributed by atoms with Gasteiger partial charge in [-0.2, -0.15) is 0 Å². The third kappa shape index (κ3) is 3.93. The number of ether oxygens (including phenoxy) is 1. The third-order valence-electron chi connectivity index (χ3n) is 4.07. The number of hydrogen-bond acceptors (Lipinski definition) is 4. The highest BCUT2D eigenvalue weighted by Gasteiger charge is 2.20. The van der Waals surface area contributed by atoms with E-state index in [1.165, 1.54) is 5.56 Å². The van der Waals surface area contributed by atoms with Crippen molar-refractivity contribution in [2.24, 2.45) is 0 Å². The van der Waals surface area contributed by atoms with Crippen LogP contribution in [0, 0.1) is 0 Å². The second kappa shape index (κ2) is 7.60. The van der Waals surface area contributed by atoms with Gasteiger partial charge in [0.1, 0.15) is 5.82 Å². The summed E-state index contributed by atoms with van der Waals surface area (Å²) in [5.41, 5.74) is 1.31. The molecule has 20 heavy (non-hydrogen) atoms. The zero-order valence-electron chi connectivity index (χ0n) is 12.9. The smallest absolute Gasteiger partial charge is 0.128 e. The summed E-state index contributed by atoms with van der Waals surface area (Å²) < 4.78 is 5.43. The summed E-state index contributed by atoms with van der Waals surface area (Å²) in [5, 5.41) is 3.53. The van der Waals surface area contributed by atoms with Crippen LogP contribution < -0.4 is 10.2 Å². The Hall–Kier alpha value is -1.13. The summed E-state index contributed by atoms with van der Waals surface area (Å²) in [6, 6.07) is 5.24. The Balaban J connectivity index is 2.04. The van der Waals surface area contributed by atoms with Gasteiger partial charge < -0.3 is 15.0 Å². The summed E-state index contributed by atoms with van der Waals surface area (Å²) in [7, 11) is 2.15. The lowest BCUT2D eigenvalue weighted by molar-refractivity contribution is 0.0853. The molecular formula is C16H27N3O. The van der Waals surface area contributed by atoms with E-state index in [4.69, 9.17) is 4.74 Å². The molecule has 1 fully saturated rings. The molecule has 1 atom stereocenters. The van der Waals surface area contributed by atoms with Crippen molar-refractivity contribution in [1.82, 2.24) is 10.3 Å². The Bertz CT molecular complexity index is 404. The molecule has 0 spiro atoms. The van der Waals surface area contributed by atoms with E-state index in [9.17, 15) is 0 Å². The first kappa shape index (κ1) is 15.3. The number of pyridine rings is 1. The number of rotatable bonds is 6. The molecule has 0 aliphatic carbocycles. The van der Waals surface area contributed by atoms with E-state index in [1.807, 2.05) is 6.20 Å². The van der Waals surface area contributed by atoms with Crippen LogP contribution in [0.5, 0.6) is 0 Å². The zero-order chi connectivity index (χ0) is 14.4. The van der Waals surface area contributed by atoms with Gasteiger partial charge in [-0.05, 0) is 50.4 Å². The van der Waals surface area contributed by atoms with Gasteiger partial charge in [-0.15, -0.1) is 0 Å². The Morgan fingerprint density at radius 3 is 2.90 bits per heavy atom. The normalized spacial score (nSPS) is 17.9. The van der Waals surface area contributed by atoms with Gasteiger partial charge in [0.2, 0.25) is 0 Å². The highest BCUT2D eigenvalue weighted by Crippen LogP contribution is 2.22. The highest BCUT2D eigenvalue weighted by molar-refractivity contribution is 5.42. The van der Waals surface area contributed by atoms with Crippen molar-refractivity contribution in [1.29, 1.82) is 0 Å². The van der Waals surface area contributed by atoms with Crippen LogP contribution in [0.15, 0.2) is 18.3 Å². The standard InChI is InChI=1S/C16H27N3O/c1-4-8-17-13(2)14-5-9-18-16(12-14)19(3)15-6-10-20-11-7-15/h5,9,12-13,15,17H,4,6-8,10-11H2,1-3H3. The molecule has 1 aliphatic heterocycles. The van der Waals surface area contributed by atoms with Crippen LogP contribution in [0.4, 0.5) is 5.82 Å². The van der Waals surface area contributed by atoms with Crippen LogP contribution in [0.25, 0.3) is 0 Å². The van der Waals surface area contributed by atoms with Gasteiger partial charge in [0.05, 0.1) is 0 Å². The first-order valence-electron chi connectivity index (χ1n) is 7.72. The van der Waals surface area contributed by atoms with E-state index < -0.39 is 0 Å². The van der Waals surface area contributed by atoms with Gasteiger partial charge in [-0.1, -0.05) is 6.92 Å². The van der Waals surface area contributed by atoms with E-state index in [2.05, 4.69) is 48.2 Å². The molecule has 4 nitrogen and oxygen atoms in total. The molecule has 0 amide bonds. The molecule has 0 saturated carbocycles. The van der Waals surface area contributed by atoms with Crippen molar-refractivity contribution in [3.63, 3.8) is 0 Å². The highest BCUT2D eigenvalue weighted by atomic mass is 16.5. The molecule has 1 aliphatic rings. The van der Waals surface area contributed by atoms with Gasteiger partial charge in [0, 0.05) is 38.5 Å². The van der Waals surface area contributed by atoms with Gasteiger partial charge in [-0.25, -0.2) is 4.98 Å². The summed E-state index contributed by atoms with van der Waals surface area (Å²) in [6.45, 7) is 7.18. The van der Waals surface area contributed by atoms with Crippen molar-refractivity contribution >= 4 is 5.82 Å². The first-order chi connectivity index (χ1) is 9.72. The van der Waals surface area contributed by atoms with Crippen LogP contribution in [0.1, 0.15) is 44.7 Å². The van der Waals surface area contributed by atoms with E-state index in [0.717, 1.165) is 44.8 Å². The Morgan fingerprint density at radius 1 is 1.45 bits per heavy atom. The zero-order valence-corrected chi connectivity index (χ0v) is 12.9. The van der Waals surface area contributed by atoms with Gasteiger partial charge in [-0.3, -0.25) is 0 Å². The SMILES string of the molecule is CCCNC(C)c1ccnc(N(C)C2CCOCC2)c1. The lowest BCUT2D eigenvalue weighted by Crippen LogP contribution is -2.37. The monoisotopic (exact) mass is 277 g/mol. The van der Waals surface area contributed by atoms with Crippen molar-refractivity contribution < 1.29 is 4.74 Å². The largest absolute Gasteiger partial charge is 0.381 e. The Morgan fingerprint density at radius 2 is 2.20 bits per heavy atom. The van der Waals surface area contributed by atoms with Crippen molar-refractivity contribution in [2.75, 3.05) is 31.7 Å². The van der Waals surface area contributed by atoms with E-state index >= 15 is 0 Å². The first-order valence-corrected chi connectivity index (χ1v) is 7.72. The molecule has 1 unspecified atom stereocenters. The maximum Gasteiger partial charge on any atom is 0.128 e. The average Bonchev–Trinajstić information content (AvgIpc) is 2.52. The molecule has 0 aromatic carbocycles. The van der Waals surface area contributed by atoms with Gasteiger partial charge in [0.25, 0.3) is 0 Å². The minimum atomic E-state index is 0.375. The minimum Gasteiger partial charge on any atom is -0.381 e. The predicted octanol–water partition coefficient (Wildman–Crippen LogP) is 2.76. The fourth-order valence-electron chi connectivity index (χ4n) is 2.63. The second-order valence-corrected chi connectivity index (χ2v) is 5.58. The lowest BCUT2D eigenvalue weighted by atomic mass is 10.1. The summed E-state index contributed by atoms with van der Waals surface area (Å²) in [6.07, 6.45) is 5.26. The van der Waals surface area contributed by atoms with Crippen molar-refractivity contribution in [3.05, 3.63) is 23.9 Å². The molecule has 1 saturated heterocycles. The topological polar surface area (TPSA) is 37.4 Å². The Kier molecular flexibility index (Phi) is 5.80. The molecular weight excluding hydrogens is 250 g/mol. The van der Waals surface area contributed by atoms with E-state index in [-0.39, 0.29) is 0 Å². The molecule has 0 radical (unpaired) electrons. The summed E-state index contributed by atoms with van der Waals surface area (Å²) in [4.78, 5) is 6.84. The van der Waals surface area contributed by atoms with Crippen LogP contribution in [0.3, 0.4) is 0 Å². The molecule has 112 valence electrons. The fraction of sp³-hybridized carbons (Fsp3) is 0.688.